The predicted molar refractivity (Wildman–Crippen MR) is 82.3 cm³/mol. The van der Waals surface area contributed by atoms with Gasteiger partial charge in [0.25, 0.3) is 5.91 Å². The topological polar surface area (TPSA) is 54.9 Å². The van der Waals surface area contributed by atoms with Gasteiger partial charge >= 0.3 is 0 Å². The number of carbonyl (C=O) groups is 1. The largest absolute Gasteiger partial charge is 0.322 e. The first kappa shape index (κ1) is 14.5. The minimum absolute atomic E-state index is 0.177. The molecule has 0 unspecified atom stereocenters. The molecule has 0 atom stereocenters. The van der Waals surface area contributed by atoms with Gasteiger partial charge in [0.2, 0.25) is 0 Å². The predicted octanol–water partition coefficient (Wildman–Crippen LogP) is 3.32. The van der Waals surface area contributed by atoms with Crippen LogP contribution >= 0.6 is 11.8 Å². The van der Waals surface area contributed by atoms with E-state index in [1.165, 1.54) is 17.3 Å². The second kappa shape index (κ2) is 6.52. The summed E-state index contributed by atoms with van der Waals surface area (Å²) in [6, 6.07) is 7.83. The van der Waals surface area contributed by atoms with E-state index in [-0.39, 0.29) is 5.91 Å². The molecule has 1 aromatic heterocycles. The Morgan fingerprint density at radius 1 is 1.40 bits per heavy atom. The lowest BCUT2D eigenvalue weighted by molar-refractivity contribution is 0.102. The minimum atomic E-state index is -0.177. The molecule has 1 heterocycles. The van der Waals surface area contributed by atoms with Crippen LogP contribution in [-0.2, 0) is 6.42 Å². The van der Waals surface area contributed by atoms with Crippen molar-refractivity contribution in [2.24, 2.45) is 0 Å². The number of thioether (sulfide) groups is 1. The summed E-state index contributed by atoms with van der Waals surface area (Å²) in [4.78, 5) is 20.7. The molecule has 0 radical (unpaired) electrons. The lowest BCUT2D eigenvalue weighted by Crippen LogP contribution is -2.15. The highest BCUT2D eigenvalue weighted by Gasteiger charge is 2.12. The van der Waals surface area contributed by atoms with Gasteiger partial charge in [0.1, 0.15) is 0 Å². The molecule has 2 rings (SSSR count). The highest BCUT2D eigenvalue weighted by atomic mass is 32.2. The van der Waals surface area contributed by atoms with E-state index in [1.807, 2.05) is 37.4 Å². The molecule has 0 fully saturated rings. The van der Waals surface area contributed by atoms with Crippen LogP contribution in [0.15, 0.2) is 35.6 Å². The summed E-state index contributed by atoms with van der Waals surface area (Å²) in [7, 11) is 0. The van der Waals surface area contributed by atoms with Gasteiger partial charge in [-0.15, -0.1) is 0 Å². The number of anilines is 1. The van der Waals surface area contributed by atoms with Gasteiger partial charge in [0.05, 0.1) is 11.3 Å². The van der Waals surface area contributed by atoms with Crippen LogP contribution in [0.1, 0.15) is 28.5 Å². The van der Waals surface area contributed by atoms with Crippen LogP contribution in [0.25, 0.3) is 0 Å². The lowest BCUT2D eigenvalue weighted by Gasteiger charge is -2.08. The zero-order chi connectivity index (χ0) is 14.5. The molecule has 2 aromatic rings. The summed E-state index contributed by atoms with van der Waals surface area (Å²) in [6.45, 7) is 3.90. The SMILES string of the molecule is CCc1cccc(NC(=O)c2cnc(SC)nc2C)c1. The maximum Gasteiger partial charge on any atom is 0.259 e. The normalized spacial score (nSPS) is 10.3. The van der Waals surface area contributed by atoms with Crippen molar-refractivity contribution in [3.05, 3.63) is 47.3 Å². The van der Waals surface area contributed by atoms with Crippen molar-refractivity contribution in [3.8, 4) is 0 Å². The number of hydrogen-bond donors (Lipinski definition) is 1. The van der Waals surface area contributed by atoms with Gasteiger partial charge in [-0.25, -0.2) is 9.97 Å². The van der Waals surface area contributed by atoms with Gasteiger partial charge in [-0.05, 0) is 37.3 Å². The van der Waals surface area contributed by atoms with Crippen molar-refractivity contribution in [2.45, 2.75) is 25.4 Å². The molecule has 0 aliphatic heterocycles. The third-order valence-corrected chi connectivity index (χ3v) is 3.54. The maximum atomic E-state index is 12.2. The molecule has 0 spiro atoms. The fourth-order valence-electron chi connectivity index (χ4n) is 1.83. The van der Waals surface area contributed by atoms with Crippen LogP contribution in [0.5, 0.6) is 0 Å². The summed E-state index contributed by atoms with van der Waals surface area (Å²) in [5, 5.41) is 3.56. The molecule has 20 heavy (non-hydrogen) atoms. The van der Waals surface area contributed by atoms with E-state index in [4.69, 9.17) is 0 Å². The second-order valence-electron chi connectivity index (χ2n) is 4.36. The number of aromatic nitrogens is 2. The highest BCUT2D eigenvalue weighted by molar-refractivity contribution is 7.98. The van der Waals surface area contributed by atoms with E-state index >= 15 is 0 Å². The van der Waals surface area contributed by atoms with Crippen LogP contribution in [0.4, 0.5) is 5.69 Å². The molecule has 104 valence electrons. The summed E-state index contributed by atoms with van der Waals surface area (Å²) in [5.74, 6) is -0.177. The third kappa shape index (κ3) is 3.36. The van der Waals surface area contributed by atoms with Crippen LogP contribution in [0.2, 0.25) is 0 Å². The van der Waals surface area contributed by atoms with Gasteiger partial charge in [-0.2, -0.15) is 0 Å². The van der Waals surface area contributed by atoms with Crippen LogP contribution in [-0.4, -0.2) is 22.1 Å². The molecule has 0 bridgehead atoms. The number of amides is 1. The molecule has 0 saturated carbocycles. The molecule has 0 saturated heterocycles. The fraction of sp³-hybridized carbons (Fsp3) is 0.267. The monoisotopic (exact) mass is 287 g/mol. The maximum absolute atomic E-state index is 12.2. The van der Waals surface area contributed by atoms with Gasteiger partial charge < -0.3 is 5.32 Å². The molecule has 1 N–H and O–H groups in total. The molecule has 4 nitrogen and oxygen atoms in total. The number of nitrogens with zero attached hydrogens (tertiary/aromatic N) is 2. The van der Waals surface area contributed by atoms with E-state index in [1.54, 1.807) is 6.20 Å². The van der Waals surface area contributed by atoms with Crippen molar-refractivity contribution in [1.82, 2.24) is 9.97 Å². The standard InChI is InChI=1S/C15H17N3OS/c1-4-11-6-5-7-12(8-11)18-14(19)13-9-16-15(20-3)17-10(13)2/h5-9H,4H2,1-3H3,(H,18,19). The smallest absolute Gasteiger partial charge is 0.259 e. The van der Waals surface area contributed by atoms with E-state index in [0.29, 0.717) is 16.4 Å². The second-order valence-corrected chi connectivity index (χ2v) is 5.14. The Morgan fingerprint density at radius 3 is 2.85 bits per heavy atom. The van der Waals surface area contributed by atoms with Gasteiger partial charge in [0.15, 0.2) is 5.16 Å². The van der Waals surface area contributed by atoms with E-state index in [0.717, 1.165) is 12.1 Å². The van der Waals surface area contributed by atoms with Crippen molar-refractivity contribution in [2.75, 3.05) is 11.6 Å². The van der Waals surface area contributed by atoms with Crippen molar-refractivity contribution < 1.29 is 4.79 Å². The first-order valence-electron chi connectivity index (χ1n) is 6.42. The van der Waals surface area contributed by atoms with Crippen LogP contribution in [0, 0.1) is 6.92 Å². The first-order valence-corrected chi connectivity index (χ1v) is 7.64. The molecule has 1 amide bonds. The summed E-state index contributed by atoms with van der Waals surface area (Å²) >= 11 is 1.46. The Balaban J connectivity index is 2.19. The minimum Gasteiger partial charge on any atom is -0.322 e. The van der Waals surface area contributed by atoms with Gasteiger partial charge in [-0.1, -0.05) is 30.8 Å². The Kier molecular flexibility index (Phi) is 4.74. The lowest BCUT2D eigenvalue weighted by atomic mass is 10.1. The molecule has 0 aliphatic rings. The fourth-order valence-corrected chi connectivity index (χ4v) is 2.22. The third-order valence-electron chi connectivity index (χ3n) is 2.98. The van der Waals surface area contributed by atoms with Crippen molar-refractivity contribution in [3.63, 3.8) is 0 Å². The van der Waals surface area contributed by atoms with E-state index in [9.17, 15) is 4.79 Å². The molecular weight excluding hydrogens is 270 g/mol. The van der Waals surface area contributed by atoms with Crippen molar-refractivity contribution >= 4 is 23.4 Å². The number of rotatable bonds is 4. The average molecular weight is 287 g/mol. The Bertz CT molecular complexity index is 628. The van der Waals surface area contributed by atoms with Crippen molar-refractivity contribution in [1.29, 1.82) is 0 Å². The van der Waals surface area contributed by atoms with Gasteiger partial charge in [-0.3, -0.25) is 4.79 Å². The Labute approximate surface area is 123 Å². The summed E-state index contributed by atoms with van der Waals surface area (Å²) in [5.41, 5.74) is 3.18. The van der Waals surface area contributed by atoms with E-state index in [2.05, 4.69) is 22.2 Å². The quantitative estimate of drug-likeness (QED) is 0.692. The van der Waals surface area contributed by atoms with E-state index < -0.39 is 0 Å². The molecule has 0 aliphatic carbocycles. The summed E-state index contributed by atoms with van der Waals surface area (Å²) < 4.78 is 0. The number of benzene rings is 1. The van der Waals surface area contributed by atoms with Gasteiger partial charge in [0, 0.05) is 11.9 Å². The Hall–Kier alpha value is -1.88. The molecule has 5 heteroatoms. The molecule has 1 aromatic carbocycles. The Morgan fingerprint density at radius 2 is 2.20 bits per heavy atom. The zero-order valence-corrected chi connectivity index (χ0v) is 12.6. The zero-order valence-electron chi connectivity index (χ0n) is 11.8. The van der Waals surface area contributed by atoms with Crippen LogP contribution in [0.3, 0.4) is 0 Å². The number of aryl methyl sites for hydroxylation is 2. The average Bonchev–Trinajstić information content (AvgIpc) is 2.47. The number of nitrogens with one attached hydrogen (secondary N) is 1. The summed E-state index contributed by atoms with van der Waals surface area (Å²) in [6.07, 6.45) is 4.42. The number of carbonyl (C=O) groups excluding carboxylic acids is 1. The number of hydrogen-bond acceptors (Lipinski definition) is 4. The highest BCUT2D eigenvalue weighted by Crippen LogP contribution is 2.15. The molecular formula is C15H17N3OS. The first-order chi connectivity index (χ1) is 9.63. The van der Waals surface area contributed by atoms with Crippen LogP contribution < -0.4 is 5.32 Å².